The van der Waals surface area contributed by atoms with Gasteiger partial charge >= 0.3 is 0 Å². The van der Waals surface area contributed by atoms with E-state index in [1.165, 1.54) is 31.0 Å². The van der Waals surface area contributed by atoms with Gasteiger partial charge in [0.05, 0.1) is 12.9 Å². The smallest absolute Gasteiger partial charge is 0.230 e. The van der Waals surface area contributed by atoms with Crippen molar-refractivity contribution < 1.29 is 14.3 Å². The Bertz CT molecular complexity index is 790. The molecular weight excluding hydrogens is 376 g/mol. The summed E-state index contributed by atoms with van der Waals surface area (Å²) >= 11 is 1.40. The second-order valence-corrected chi connectivity index (χ2v) is 7.97. The quantitative estimate of drug-likeness (QED) is 0.679. The van der Waals surface area contributed by atoms with E-state index >= 15 is 0 Å². The maximum Gasteiger partial charge on any atom is 0.230 e. The Kier molecular flexibility index (Phi) is 7.19. The lowest BCUT2D eigenvalue weighted by Gasteiger charge is -2.22. The molecule has 3 rings (SSSR count). The molecule has 152 valence electrons. The summed E-state index contributed by atoms with van der Waals surface area (Å²) in [5.41, 5.74) is 0. The predicted octanol–water partition coefficient (Wildman–Crippen LogP) is 3.50. The lowest BCUT2D eigenvalue weighted by Crippen LogP contribution is -2.37. The van der Waals surface area contributed by atoms with Crippen molar-refractivity contribution in [1.82, 2.24) is 20.1 Å². The van der Waals surface area contributed by atoms with Gasteiger partial charge in [-0.3, -0.25) is 4.79 Å². The molecule has 7 nitrogen and oxygen atoms in total. The molecule has 1 N–H and O–H groups in total. The van der Waals surface area contributed by atoms with Crippen molar-refractivity contribution in [3.05, 3.63) is 30.1 Å². The Morgan fingerprint density at radius 1 is 1.29 bits per heavy atom. The summed E-state index contributed by atoms with van der Waals surface area (Å²) in [5, 5.41) is 12.3. The molecule has 0 bridgehead atoms. The topological polar surface area (TPSA) is 78.3 Å². The van der Waals surface area contributed by atoms with E-state index in [1.807, 2.05) is 42.8 Å². The number of nitrogens with zero attached hydrogens (tertiary/aromatic N) is 3. The minimum absolute atomic E-state index is 0.0575. The molecule has 1 amide bonds. The molecule has 28 heavy (non-hydrogen) atoms. The molecule has 0 saturated heterocycles. The molecule has 1 unspecified atom stereocenters. The normalized spacial score (nSPS) is 15.8. The standard InChI is InChI=1S/C20H28N4O3S/c1-14(27-17-11-7-10-16(12-17)26-3)19-22-23-20(24(19)2)28-13-18(25)21-15-8-5-4-6-9-15/h7,10-12,14-15H,4-6,8-9,13H2,1-3H3,(H,21,25). The Balaban J connectivity index is 1.54. The largest absolute Gasteiger partial charge is 0.497 e. The SMILES string of the molecule is COc1cccc(OC(C)c2nnc(SCC(=O)NC3CCCCC3)n2C)c1. The van der Waals surface area contributed by atoms with Crippen LogP contribution >= 0.6 is 11.8 Å². The van der Waals surface area contributed by atoms with E-state index in [4.69, 9.17) is 9.47 Å². The second-order valence-electron chi connectivity index (χ2n) is 7.03. The van der Waals surface area contributed by atoms with Gasteiger partial charge in [0, 0.05) is 19.2 Å². The average molecular weight is 405 g/mol. The fourth-order valence-corrected chi connectivity index (χ4v) is 4.11. The first-order valence-electron chi connectivity index (χ1n) is 9.69. The molecule has 1 atom stereocenters. The summed E-state index contributed by atoms with van der Waals surface area (Å²) in [5.74, 6) is 2.55. The van der Waals surface area contributed by atoms with E-state index in [0.29, 0.717) is 28.5 Å². The number of benzene rings is 1. The Morgan fingerprint density at radius 2 is 2.04 bits per heavy atom. The third-order valence-electron chi connectivity index (χ3n) is 4.89. The summed E-state index contributed by atoms with van der Waals surface area (Å²) in [7, 11) is 3.52. The zero-order valence-corrected chi connectivity index (χ0v) is 17.5. The Labute approximate surface area is 170 Å². The number of carbonyl (C=O) groups excluding carboxylic acids is 1. The van der Waals surface area contributed by atoms with Gasteiger partial charge in [-0.2, -0.15) is 0 Å². The van der Waals surface area contributed by atoms with E-state index in [9.17, 15) is 4.79 Å². The van der Waals surface area contributed by atoms with Gasteiger partial charge in [0.2, 0.25) is 5.91 Å². The number of hydrogen-bond donors (Lipinski definition) is 1. The number of aromatic nitrogens is 3. The van der Waals surface area contributed by atoms with Crippen LogP contribution in [0.3, 0.4) is 0 Å². The lowest BCUT2D eigenvalue weighted by molar-refractivity contribution is -0.119. The van der Waals surface area contributed by atoms with Crippen LogP contribution in [0.1, 0.15) is 51.0 Å². The first kappa shape index (κ1) is 20.5. The van der Waals surface area contributed by atoms with Crippen LogP contribution in [0.15, 0.2) is 29.4 Å². The van der Waals surface area contributed by atoms with E-state index in [0.717, 1.165) is 18.6 Å². The van der Waals surface area contributed by atoms with Gasteiger partial charge in [-0.15, -0.1) is 10.2 Å². The number of hydrogen-bond acceptors (Lipinski definition) is 6. The van der Waals surface area contributed by atoms with Crippen LogP contribution in [0, 0.1) is 0 Å². The van der Waals surface area contributed by atoms with Crippen LogP contribution in [-0.4, -0.2) is 39.6 Å². The molecule has 0 radical (unpaired) electrons. The number of ether oxygens (including phenoxy) is 2. The molecular formula is C20H28N4O3S. The maximum absolute atomic E-state index is 12.2. The van der Waals surface area contributed by atoms with E-state index < -0.39 is 0 Å². The molecule has 1 aliphatic rings. The van der Waals surface area contributed by atoms with Crippen molar-refractivity contribution in [3.8, 4) is 11.5 Å². The van der Waals surface area contributed by atoms with Gasteiger partial charge in [0.25, 0.3) is 0 Å². The average Bonchev–Trinajstić information content (AvgIpc) is 3.08. The van der Waals surface area contributed by atoms with E-state index in [-0.39, 0.29) is 12.0 Å². The summed E-state index contributed by atoms with van der Waals surface area (Å²) < 4.78 is 13.1. The van der Waals surface area contributed by atoms with Gasteiger partial charge in [0.15, 0.2) is 17.1 Å². The molecule has 1 saturated carbocycles. The van der Waals surface area contributed by atoms with Gasteiger partial charge in [-0.05, 0) is 31.9 Å². The van der Waals surface area contributed by atoms with Gasteiger partial charge < -0.3 is 19.4 Å². The van der Waals surface area contributed by atoms with Crippen molar-refractivity contribution in [2.75, 3.05) is 12.9 Å². The molecule has 0 aliphatic heterocycles. The molecule has 1 aromatic heterocycles. The number of carbonyl (C=O) groups is 1. The minimum Gasteiger partial charge on any atom is -0.497 e. The van der Waals surface area contributed by atoms with Crippen LogP contribution in [0.25, 0.3) is 0 Å². The zero-order chi connectivity index (χ0) is 19.9. The number of amides is 1. The Morgan fingerprint density at radius 3 is 2.79 bits per heavy atom. The summed E-state index contributed by atoms with van der Waals surface area (Å²) in [6.45, 7) is 1.92. The molecule has 1 aromatic carbocycles. The monoisotopic (exact) mass is 404 g/mol. The van der Waals surface area contributed by atoms with Crippen LogP contribution in [-0.2, 0) is 11.8 Å². The van der Waals surface area contributed by atoms with Crippen molar-refractivity contribution in [1.29, 1.82) is 0 Å². The molecule has 1 heterocycles. The number of methoxy groups -OCH3 is 1. The van der Waals surface area contributed by atoms with Crippen molar-refractivity contribution in [2.24, 2.45) is 7.05 Å². The highest BCUT2D eigenvalue weighted by molar-refractivity contribution is 7.99. The summed E-state index contributed by atoms with van der Waals surface area (Å²) in [6.07, 6.45) is 5.58. The molecule has 1 aliphatic carbocycles. The summed E-state index contributed by atoms with van der Waals surface area (Å²) in [6, 6.07) is 7.78. The van der Waals surface area contributed by atoms with Crippen molar-refractivity contribution >= 4 is 17.7 Å². The molecule has 0 spiro atoms. The molecule has 1 fully saturated rings. The number of rotatable bonds is 8. The van der Waals surface area contributed by atoms with Crippen LogP contribution in [0.5, 0.6) is 11.5 Å². The van der Waals surface area contributed by atoms with Gasteiger partial charge in [-0.1, -0.05) is 37.1 Å². The predicted molar refractivity (Wildman–Crippen MR) is 109 cm³/mol. The van der Waals surface area contributed by atoms with Crippen LogP contribution < -0.4 is 14.8 Å². The molecule has 2 aromatic rings. The van der Waals surface area contributed by atoms with E-state index in [1.54, 1.807) is 7.11 Å². The van der Waals surface area contributed by atoms with Crippen LogP contribution in [0.4, 0.5) is 0 Å². The molecule has 8 heteroatoms. The highest BCUT2D eigenvalue weighted by Crippen LogP contribution is 2.26. The van der Waals surface area contributed by atoms with Gasteiger partial charge in [-0.25, -0.2) is 0 Å². The lowest BCUT2D eigenvalue weighted by atomic mass is 9.95. The highest BCUT2D eigenvalue weighted by atomic mass is 32.2. The fourth-order valence-electron chi connectivity index (χ4n) is 3.38. The third kappa shape index (κ3) is 5.41. The second kappa shape index (κ2) is 9.82. The highest BCUT2D eigenvalue weighted by Gasteiger charge is 2.19. The van der Waals surface area contributed by atoms with Crippen LogP contribution in [0.2, 0.25) is 0 Å². The van der Waals surface area contributed by atoms with Crippen molar-refractivity contribution in [2.45, 2.75) is 56.3 Å². The fraction of sp³-hybridized carbons (Fsp3) is 0.550. The number of nitrogens with one attached hydrogen (secondary N) is 1. The first-order chi connectivity index (χ1) is 13.6. The number of thioether (sulfide) groups is 1. The first-order valence-corrected chi connectivity index (χ1v) is 10.7. The minimum atomic E-state index is -0.282. The maximum atomic E-state index is 12.2. The summed E-state index contributed by atoms with van der Waals surface area (Å²) in [4.78, 5) is 12.2. The van der Waals surface area contributed by atoms with E-state index in [2.05, 4.69) is 15.5 Å². The third-order valence-corrected chi connectivity index (χ3v) is 5.91. The van der Waals surface area contributed by atoms with Crippen molar-refractivity contribution in [3.63, 3.8) is 0 Å². The Hall–Kier alpha value is -2.22. The zero-order valence-electron chi connectivity index (χ0n) is 16.7. The van der Waals surface area contributed by atoms with Gasteiger partial charge in [0.1, 0.15) is 11.5 Å².